The van der Waals surface area contributed by atoms with Crippen molar-refractivity contribution in [1.29, 1.82) is 0 Å². The summed E-state index contributed by atoms with van der Waals surface area (Å²) in [6.07, 6.45) is 4.47. The fourth-order valence-corrected chi connectivity index (χ4v) is 4.66. The lowest BCUT2D eigenvalue weighted by Gasteiger charge is -2.31. The minimum absolute atomic E-state index is 0.208. The molecule has 2 atom stereocenters. The van der Waals surface area contributed by atoms with E-state index in [1.165, 1.54) is 18.5 Å². The van der Waals surface area contributed by atoms with Crippen molar-refractivity contribution >= 4 is 5.91 Å². The molecule has 2 fully saturated rings. The summed E-state index contributed by atoms with van der Waals surface area (Å²) in [5.74, 6) is 1.05. The Morgan fingerprint density at radius 1 is 1.23 bits per heavy atom. The van der Waals surface area contributed by atoms with Crippen molar-refractivity contribution in [1.82, 2.24) is 30.8 Å². The molecule has 3 N–H and O–H groups in total. The number of nitrogens with zero attached hydrogens (tertiary/aromatic N) is 3. The summed E-state index contributed by atoms with van der Waals surface area (Å²) in [5.41, 5.74) is 8.95. The number of amides is 1. The molecule has 26 heavy (non-hydrogen) atoms. The zero-order valence-electron chi connectivity index (χ0n) is 16.0. The summed E-state index contributed by atoms with van der Waals surface area (Å²) in [6, 6.07) is 3.16. The molecule has 0 spiro atoms. The highest BCUT2D eigenvalue weighted by atomic mass is 16.1. The number of hydrogen-bond donors (Lipinski definition) is 3. The Balaban J connectivity index is 1.31. The Labute approximate surface area is 155 Å². The van der Waals surface area contributed by atoms with Gasteiger partial charge >= 0.3 is 0 Å². The molecule has 1 aliphatic carbocycles. The number of hydrazine groups is 1. The van der Waals surface area contributed by atoms with E-state index >= 15 is 0 Å². The van der Waals surface area contributed by atoms with Crippen molar-refractivity contribution < 1.29 is 4.79 Å². The van der Waals surface area contributed by atoms with Crippen LogP contribution in [0.3, 0.4) is 0 Å². The topological polar surface area (TPSA) is 74.2 Å². The van der Waals surface area contributed by atoms with Gasteiger partial charge in [-0.1, -0.05) is 12.8 Å². The molecule has 4 rings (SSSR count). The van der Waals surface area contributed by atoms with E-state index in [1.54, 1.807) is 0 Å². The molecule has 2 unspecified atom stereocenters. The van der Waals surface area contributed by atoms with E-state index in [-0.39, 0.29) is 11.8 Å². The van der Waals surface area contributed by atoms with Gasteiger partial charge in [0.1, 0.15) is 0 Å². The van der Waals surface area contributed by atoms with Crippen LogP contribution in [0.1, 0.15) is 50.9 Å². The van der Waals surface area contributed by atoms with E-state index in [0.717, 1.165) is 44.7 Å². The second kappa shape index (κ2) is 7.66. The fourth-order valence-electron chi connectivity index (χ4n) is 4.66. The van der Waals surface area contributed by atoms with E-state index in [1.807, 2.05) is 0 Å². The summed E-state index contributed by atoms with van der Waals surface area (Å²) in [6.45, 7) is 9.07. The van der Waals surface area contributed by atoms with Gasteiger partial charge in [0, 0.05) is 43.6 Å². The number of carbonyl (C=O) groups is 1. The first-order chi connectivity index (χ1) is 12.6. The van der Waals surface area contributed by atoms with Gasteiger partial charge in [-0.3, -0.25) is 25.2 Å². The zero-order valence-corrected chi connectivity index (χ0v) is 16.0. The van der Waals surface area contributed by atoms with Gasteiger partial charge in [-0.2, -0.15) is 5.10 Å². The first kappa shape index (κ1) is 17.9. The number of rotatable bonds is 5. The maximum atomic E-state index is 12.2. The molecule has 1 saturated carbocycles. The van der Waals surface area contributed by atoms with Crippen molar-refractivity contribution in [2.45, 2.75) is 71.2 Å². The fraction of sp³-hybridized carbons (Fsp3) is 0.789. The molecule has 1 amide bonds. The smallest absolute Gasteiger partial charge is 0.223 e. The van der Waals surface area contributed by atoms with E-state index in [2.05, 4.69) is 45.7 Å². The molecule has 1 aromatic heterocycles. The van der Waals surface area contributed by atoms with E-state index in [4.69, 9.17) is 5.10 Å². The molecule has 0 aromatic carbocycles. The monoisotopic (exact) mass is 360 g/mol. The third-order valence-corrected chi connectivity index (χ3v) is 6.39. The number of fused-ring (bicyclic) bond motifs is 1. The van der Waals surface area contributed by atoms with Crippen molar-refractivity contribution in [3.05, 3.63) is 17.5 Å². The van der Waals surface area contributed by atoms with Gasteiger partial charge in [0.15, 0.2) is 0 Å². The summed E-state index contributed by atoms with van der Waals surface area (Å²) in [4.78, 5) is 14.7. The molecule has 0 radical (unpaired) electrons. The third-order valence-electron chi connectivity index (χ3n) is 6.39. The van der Waals surface area contributed by atoms with Gasteiger partial charge in [0.05, 0.1) is 24.5 Å². The summed E-state index contributed by atoms with van der Waals surface area (Å²) >= 11 is 0. The lowest BCUT2D eigenvalue weighted by Crippen LogP contribution is -2.41. The molecule has 7 nitrogen and oxygen atoms in total. The SMILES string of the molecule is CC1NNC(C)C1CN1CCn2nc(CNC(=O)C3CCCC3)cc2C1. The van der Waals surface area contributed by atoms with Crippen molar-refractivity contribution in [2.75, 3.05) is 13.1 Å². The van der Waals surface area contributed by atoms with Gasteiger partial charge in [0.2, 0.25) is 5.91 Å². The quantitative estimate of drug-likeness (QED) is 0.731. The van der Waals surface area contributed by atoms with E-state index in [9.17, 15) is 4.79 Å². The van der Waals surface area contributed by atoms with E-state index < -0.39 is 0 Å². The maximum absolute atomic E-state index is 12.2. The highest BCUT2D eigenvalue weighted by Crippen LogP contribution is 2.25. The van der Waals surface area contributed by atoms with Crippen molar-refractivity contribution in [3.8, 4) is 0 Å². The van der Waals surface area contributed by atoms with Crippen LogP contribution in [-0.4, -0.2) is 45.8 Å². The molecule has 3 heterocycles. The predicted octanol–water partition coefficient (Wildman–Crippen LogP) is 1.01. The predicted molar refractivity (Wildman–Crippen MR) is 100.0 cm³/mol. The zero-order chi connectivity index (χ0) is 18.1. The molecular formula is C19H32N6O. The van der Waals surface area contributed by atoms with Gasteiger partial charge in [0.25, 0.3) is 0 Å². The summed E-state index contributed by atoms with van der Waals surface area (Å²) < 4.78 is 2.12. The van der Waals surface area contributed by atoms with E-state index in [0.29, 0.717) is 24.5 Å². The average molecular weight is 361 g/mol. The second-order valence-corrected chi connectivity index (χ2v) is 8.31. The summed E-state index contributed by atoms with van der Waals surface area (Å²) in [5, 5.41) is 7.78. The van der Waals surface area contributed by atoms with Crippen molar-refractivity contribution in [2.24, 2.45) is 11.8 Å². The van der Waals surface area contributed by atoms with Crippen LogP contribution in [0.4, 0.5) is 0 Å². The first-order valence-electron chi connectivity index (χ1n) is 10.2. The van der Waals surface area contributed by atoms with Crippen LogP contribution in [0.15, 0.2) is 6.07 Å². The Hall–Kier alpha value is -1.44. The lowest BCUT2D eigenvalue weighted by atomic mass is 9.96. The first-order valence-corrected chi connectivity index (χ1v) is 10.2. The highest BCUT2D eigenvalue weighted by Gasteiger charge is 2.32. The molecule has 2 aliphatic heterocycles. The number of nitrogens with one attached hydrogen (secondary N) is 3. The molecule has 144 valence electrons. The van der Waals surface area contributed by atoms with Crippen LogP contribution in [0.5, 0.6) is 0 Å². The number of carbonyl (C=O) groups excluding carboxylic acids is 1. The molecule has 1 aromatic rings. The highest BCUT2D eigenvalue weighted by molar-refractivity contribution is 5.78. The standard InChI is InChI=1S/C19H32N6O/c1-13-18(14(2)22-21-13)12-24-7-8-25-17(11-24)9-16(23-25)10-20-19(26)15-5-3-4-6-15/h9,13-15,18,21-22H,3-8,10-12H2,1-2H3,(H,20,26). The van der Waals surface area contributed by atoms with Crippen LogP contribution in [0, 0.1) is 11.8 Å². The number of aromatic nitrogens is 2. The molecule has 1 saturated heterocycles. The van der Waals surface area contributed by atoms with Crippen LogP contribution in [-0.2, 0) is 24.4 Å². The Morgan fingerprint density at radius 2 is 1.96 bits per heavy atom. The van der Waals surface area contributed by atoms with Crippen molar-refractivity contribution in [3.63, 3.8) is 0 Å². The Bertz CT molecular complexity index is 628. The third kappa shape index (κ3) is 3.80. The minimum atomic E-state index is 0.208. The Kier molecular flexibility index (Phi) is 5.29. The van der Waals surface area contributed by atoms with Gasteiger partial charge < -0.3 is 5.32 Å². The van der Waals surface area contributed by atoms with Gasteiger partial charge in [-0.05, 0) is 32.8 Å². The van der Waals surface area contributed by atoms with Gasteiger partial charge in [-0.25, -0.2) is 0 Å². The molecule has 0 bridgehead atoms. The molecule has 7 heteroatoms. The Morgan fingerprint density at radius 3 is 2.69 bits per heavy atom. The molecule has 3 aliphatic rings. The average Bonchev–Trinajstić information content (AvgIpc) is 3.36. The van der Waals surface area contributed by atoms with Crippen LogP contribution < -0.4 is 16.2 Å². The number of hydrogen-bond acceptors (Lipinski definition) is 5. The molecular weight excluding hydrogens is 328 g/mol. The van der Waals surface area contributed by atoms with Gasteiger partial charge in [-0.15, -0.1) is 0 Å². The van der Waals surface area contributed by atoms with Crippen LogP contribution >= 0.6 is 0 Å². The second-order valence-electron chi connectivity index (χ2n) is 8.31. The minimum Gasteiger partial charge on any atom is -0.350 e. The normalized spacial score (nSPS) is 29.8. The summed E-state index contributed by atoms with van der Waals surface area (Å²) in [7, 11) is 0. The maximum Gasteiger partial charge on any atom is 0.223 e. The lowest BCUT2D eigenvalue weighted by molar-refractivity contribution is -0.124. The van der Waals surface area contributed by atoms with Crippen LogP contribution in [0.25, 0.3) is 0 Å². The largest absolute Gasteiger partial charge is 0.350 e. The van der Waals surface area contributed by atoms with Crippen LogP contribution in [0.2, 0.25) is 0 Å².